The predicted octanol–water partition coefficient (Wildman–Crippen LogP) is 19.3. The van der Waals surface area contributed by atoms with Crippen LogP contribution in [0.2, 0.25) is 0 Å². The molecule has 4 heteroatoms. The van der Waals surface area contributed by atoms with Crippen LogP contribution in [0.1, 0.15) is 209 Å². The van der Waals surface area contributed by atoms with Crippen molar-refractivity contribution in [3.8, 4) is 11.1 Å². The summed E-state index contributed by atoms with van der Waals surface area (Å²) in [6, 6.07) is 51.8. The molecule has 0 spiro atoms. The lowest BCUT2D eigenvalue weighted by molar-refractivity contribution is 0.330. The Morgan fingerprint density at radius 2 is 0.925 bits per heavy atom. The van der Waals surface area contributed by atoms with Crippen LogP contribution in [0.15, 0.2) is 127 Å². The van der Waals surface area contributed by atoms with Gasteiger partial charge in [0.1, 0.15) is 0 Å². The SMILES string of the molecule is Cc1cc(C(C)(C)C)ccc1N1c2cc(N3c4ccc(C(C)(C)C)cc4C4(C)CC(C)(C)CC34C)ccc2B2c3cc4c(cc3N(c3ccc(C(C)(C)C)cc3-c3ccccc3)c3cc(C(C)(C)C)cc1c32)C(C)(C)CCC4(C)C. The second-order valence-corrected chi connectivity index (χ2v) is 32.3. The third-order valence-corrected chi connectivity index (χ3v) is 20.7. The Labute approximate surface area is 483 Å². The van der Waals surface area contributed by atoms with Crippen LogP contribution in [0.25, 0.3) is 11.1 Å². The Bertz CT molecular complexity index is 3690. The minimum Gasteiger partial charge on any atom is -0.334 e. The summed E-state index contributed by atoms with van der Waals surface area (Å²) in [7, 11) is 0. The highest BCUT2D eigenvalue weighted by Crippen LogP contribution is 2.67. The van der Waals surface area contributed by atoms with Crippen LogP contribution in [0.3, 0.4) is 0 Å². The largest absolute Gasteiger partial charge is 0.334 e. The summed E-state index contributed by atoms with van der Waals surface area (Å²) in [6.45, 7) is 51.0. The molecule has 2 atom stereocenters. The molecule has 1 saturated carbocycles. The fraction of sp³-hybridized carbons (Fsp3) is 0.447. The predicted molar refractivity (Wildman–Crippen MR) is 348 cm³/mol. The molecule has 7 aromatic rings. The van der Waals surface area contributed by atoms with Crippen LogP contribution < -0.4 is 31.1 Å². The summed E-state index contributed by atoms with van der Waals surface area (Å²) in [5.41, 5.74) is 28.0. The van der Waals surface area contributed by atoms with E-state index >= 15 is 0 Å². The highest BCUT2D eigenvalue weighted by molar-refractivity contribution is 7.00. The molecular formula is C76H92BN3. The number of aryl methyl sites for hydroxylation is 1. The van der Waals surface area contributed by atoms with Gasteiger partial charge in [0.2, 0.25) is 0 Å². The van der Waals surface area contributed by atoms with Crippen LogP contribution in [0, 0.1) is 12.3 Å². The molecule has 0 amide bonds. The van der Waals surface area contributed by atoms with E-state index in [0.717, 1.165) is 25.7 Å². The molecule has 2 unspecified atom stereocenters. The van der Waals surface area contributed by atoms with Crippen molar-refractivity contribution in [3.05, 3.63) is 172 Å². The number of benzene rings is 7. The lowest BCUT2D eigenvalue weighted by Crippen LogP contribution is -2.62. The normalized spacial score (nSPS) is 21.4. The fourth-order valence-corrected chi connectivity index (χ4v) is 15.9. The van der Waals surface area contributed by atoms with Crippen LogP contribution in [-0.4, -0.2) is 12.3 Å². The monoisotopic (exact) mass is 1060 g/mol. The van der Waals surface area contributed by atoms with Gasteiger partial charge in [0.05, 0.1) is 11.2 Å². The summed E-state index contributed by atoms with van der Waals surface area (Å²) in [6.07, 6.45) is 4.56. The maximum atomic E-state index is 2.81. The zero-order valence-electron chi connectivity index (χ0n) is 52.9. The van der Waals surface area contributed by atoms with Gasteiger partial charge in [-0.05, 0) is 198 Å². The van der Waals surface area contributed by atoms with Crippen molar-refractivity contribution in [1.82, 2.24) is 0 Å². The van der Waals surface area contributed by atoms with Gasteiger partial charge in [-0.25, -0.2) is 0 Å². The number of rotatable bonds is 4. The summed E-state index contributed by atoms with van der Waals surface area (Å²) in [5, 5.41) is 0. The molecule has 7 aromatic carbocycles. The van der Waals surface area contributed by atoms with E-state index in [1.165, 1.54) is 118 Å². The van der Waals surface area contributed by atoms with E-state index in [2.05, 4.69) is 287 Å². The average Bonchev–Trinajstić information content (AvgIpc) is 3.90. The van der Waals surface area contributed by atoms with Crippen LogP contribution in [0.4, 0.5) is 45.5 Å². The Morgan fingerprint density at radius 1 is 0.412 bits per heavy atom. The Kier molecular flexibility index (Phi) is 11.8. The van der Waals surface area contributed by atoms with Gasteiger partial charge in [-0.3, -0.25) is 0 Å². The van der Waals surface area contributed by atoms with Crippen molar-refractivity contribution in [2.24, 2.45) is 5.41 Å². The van der Waals surface area contributed by atoms with E-state index in [1.54, 1.807) is 0 Å². The minimum atomic E-state index is -0.161. The van der Waals surface area contributed by atoms with Gasteiger partial charge < -0.3 is 14.7 Å². The third-order valence-electron chi connectivity index (χ3n) is 20.7. The first-order valence-corrected chi connectivity index (χ1v) is 30.4. The lowest BCUT2D eigenvalue weighted by atomic mass is 9.33. The zero-order chi connectivity index (χ0) is 57.6. The molecule has 80 heavy (non-hydrogen) atoms. The number of hydrogen-bond donors (Lipinski definition) is 0. The first kappa shape index (κ1) is 54.6. The number of anilines is 8. The molecule has 3 heterocycles. The van der Waals surface area contributed by atoms with Gasteiger partial charge in [0, 0.05) is 50.8 Å². The Morgan fingerprint density at radius 3 is 1.50 bits per heavy atom. The standard InChI is InChI=1S/C76H92BN3/c1-47-37-49(68(2,3)4)27-32-60(47)78-63-42-53(80-62-34-29-51(70(8,9)10)39-57(62)75(20)45-72(14,15)46-76(75,80)21)30-31-58(63)77-59-43-55-56(74(18,19)36-35-73(55,16)17)44-64(59)79(66-41-52(71(11,12)13)40-65(78)67(66)77)61-33-28-50(69(5,6)7)38-54(61)48-25-23-22-24-26-48/h22-34,37-44H,35-36,45-46H2,1-21H3. The smallest absolute Gasteiger partial charge is 0.252 e. The molecule has 0 N–H and O–H groups in total. The van der Waals surface area contributed by atoms with E-state index in [0.29, 0.717) is 0 Å². The molecule has 1 fully saturated rings. The van der Waals surface area contributed by atoms with Crippen LogP contribution >= 0.6 is 0 Å². The van der Waals surface area contributed by atoms with Crippen molar-refractivity contribution in [1.29, 1.82) is 0 Å². The molecule has 0 saturated heterocycles. The first-order valence-electron chi connectivity index (χ1n) is 30.4. The number of hydrogen-bond acceptors (Lipinski definition) is 3. The topological polar surface area (TPSA) is 9.72 Å². The molecule has 414 valence electrons. The van der Waals surface area contributed by atoms with E-state index in [1.807, 2.05) is 0 Å². The third kappa shape index (κ3) is 8.23. The maximum Gasteiger partial charge on any atom is 0.252 e. The van der Waals surface area contributed by atoms with Gasteiger partial charge in [0.15, 0.2) is 0 Å². The minimum absolute atomic E-state index is 0.00449. The van der Waals surface area contributed by atoms with Gasteiger partial charge in [-0.15, -0.1) is 0 Å². The van der Waals surface area contributed by atoms with E-state index in [4.69, 9.17) is 0 Å². The fourth-order valence-electron chi connectivity index (χ4n) is 15.9. The van der Waals surface area contributed by atoms with E-state index < -0.39 is 0 Å². The molecule has 2 aliphatic carbocycles. The lowest BCUT2D eigenvalue weighted by Gasteiger charge is -2.48. The highest BCUT2D eigenvalue weighted by atomic mass is 15.3. The summed E-state index contributed by atoms with van der Waals surface area (Å²) in [5.74, 6) is 0. The first-order chi connectivity index (χ1) is 37.0. The van der Waals surface area contributed by atoms with Gasteiger partial charge in [-0.2, -0.15) is 0 Å². The molecule has 12 rings (SSSR count). The molecule has 0 radical (unpaired) electrons. The van der Waals surface area contributed by atoms with Crippen molar-refractivity contribution < 1.29 is 0 Å². The number of nitrogens with zero attached hydrogens (tertiary/aromatic N) is 3. The Balaban J connectivity index is 1.21. The molecule has 3 nitrogen and oxygen atoms in total. The van der Waals surface area contributed by atoms with E-state index in [9.17, 15) is 0 Å². The van der Waals surface area contributed by atoms with Gasteiger partial charge in [-0.1, -0.05) is 204 Å². The van der Waals surface area contributed by atoms with Crippen molar-refractivity contribution in [2.75, 3.05) is 14.7 Å². The van der Waals surface area contributed by atoms with Crippen LogP contribution in [0.5, 0.6) is 0 Å². The molecule has 0 bridgehead atoms. The van der Waals surface area contributed by atoms with Crippen molar-refractivity contribution in [2.45, 2.75) is 215 Å². The van der Waals surface area contributed by atoms with E-state index in [-0.39, 0.29) is 55.6 Å². The zero-order valence-corrected chi connectivity index (χ0v) is 52.9. The highest BCUT2D eigenvalue weighted by Gasteiger charge is 2.64. The number of fused-ring (bicyclic) bond motifs is 8. The molecular weight excluding hydrogens is 966 g/mol. The van der Waals surface area contributed by atoms with Crippen molar-refractivity contribution >= 4 is 68.6 Å². The summed E-state index contributed by atoms with van der Waals surface area (Å²) in [4.78, 5) is 8.27. The molecule has 5 aliphatic rings. The summed E-state index contributed by atoms with van der Waals surface area (Å²) >= 11 is 0. The Hall–Kier alpha value is -6.00. The molecule has 3 aliphatic heterocycles. The van der Waals surface area contributed by atoms with Gasteiger partial charge >= 0.3 is 0 Å². The second kappa shape index (κ2) is 17.3. The van der Waals surface area contributed by atoms with Crippen LogP contribution in [-0.2, 0) is 37.9 Å². The molecule has 0 aromatic heterocycles. The summed E-state index contributed by atoms with van der Waals surface area (Å²) < 4.78 is 0. The average molecular weight is 1060 g/mol. The second-order valence-electron chi connectivity index (χ2n) is 32.3. The maximum absolute atomic E-state index is 2.81. The quantitative estimate of drug-likeness (QED) is 0.163. The van der Waals surface area contributed by atoms with Gasteiger partial charge in [0.25, 0.3) is 6.71 Å². The van der Waals surface area contributed by atoms with Crippen molar-refractivity contribution in [3.63, 3.8) is 0 Å².